The minimum atomic E-state index is -0.0697. The van der Waals surface area contributed by atoms with Gasteiger partial charge in [0.15, 0.2) is 0 Å². The van der Waals surface area contributed by atoms with Crippen molar-refractivity contribution in [1.82, 2.24) is 15.5 Å². The molecule has 1 unspecified atom stereocenters. The lowest BCUT2D eigenvalue weighted by Gasteiger charge is -2.17. The van der Waals surface area contributed by atoms with Crippen LogP contribution < -0.4 is 10.6 Å². The molecule has 0 bridgehead atoms. The molecule has 1 fully saturated rings. The molecule has 1 aromatic rings. The maximum Gasteiger partial charge on any atom is 0.242 e. The second kappa shape index (κ2) is 8.54. The van der Waals surface area contributed by atoms with E-state index in [0.717, 1.165) is 31.5 Å². The van der Waals surface area contributed by atoms with E-state index >= 15 is 0 Å². The lowest BCUT2D eigenvalue weighted by Crippen LogP contribution is -2.37. The first-order valence-corrected chi connectivity index (χ1v) is 7.90. The summed E-state index contributed by atoms with van der Waals surface area (Å²) in [5.74, 6) is 0.496. The number of benzene rings is 1. The molecule has 0 aliphatic carbocycles. The van der Waals surface area contributed by atoms with Crippen molar-refractivity contribution in [2.45, 2.75) is 25.8 Å². The first kappa shape index (κ1) is 16.5. The predicted octanol–water partition coefficient (Wildman–Crippen LogP) is 1.15. The van der Waals surface area contributed by atoms with Crippen molar-refractivity contribution in [3.8, 4) is 0 Å². The number of carbonyl (C=O) groups is 2. The summed E-state index contributed by atoms with van der Waals surface area (Å²) in [7, 11) is 1.76. The van der Waals surface area contributed by atoms with Gasteiger partial charge in [0, 0.05) is 20.0 Å². The van der Waals surface area contributed by atoms with Crippen LogP contribution in [0.25, 0.3) is 0 Å². The van der Waals surface area contributed by atoms with Gasteiger partial charge in [-0.2, -0.15) is 0 Å². The third kappa shape index (κ3) is 5.48. The molecule has 5 heteroatoms. The number of hydrogen-bond acceptors (Lipinski definition) is 3. The van der Waals surface area contributed by atoms with Crippen LogP contribution in [0, 0.1) is 5.92 Å². The van der Waals surface area contributed by atoms with Crippen molar-refractivity contribution in [3.63, 3.8) is 0 Å². The Labute approximate surface area is 132 Å². The van der Waals surface area contributed by atoms with Gasteiger partial charge in [-0.15, -0.1) is 0 Å². The zero-order chi connectivity index (χ0) is 15.8. The van der Waals surface area contributed by atoms with Crippen LogP contribution in [0.3, 0.4) is 0 Å². The normalized spacial score (nSPS) is 17.2. The van der Waals surface area contributed by atoms with E-state index in [4.69, 9.17) is 0 Å². The molecule has 1 aromatic carbocycles. The summed E-state index contributed by atoms with van der Waals surface area (Å²) in [5.41, 5.74) is 1.08. The van der Waals surface area contributed by atoms with Crippen molar-refractivity contribution < 1.29 is 9.59 Å². The summed E-state index contributed by atoms with van der Waals surface area (Å²) in [6.45, 7) is 2.69. The van der Waals surface area contributed by atoms with Crippen LogP contribution in [-0.2, 0) is 16.1 Å². The Bertz CT molecular complexity index is 484. The number of likely N-dealkylation sites (N-methyl/N-ethyl adjacent to an activating group) is 1. The van der Waals surface area contributed by atoms with Crippen molar-refractivity contribution in [2.24, 2.45) is 5.92 Å². The molecule has 5 nitrogen and oxygen atoms in total. The molecule has 0 saturated carbocycles. The van der Waals surface area contributed by atoms with Gasteiger partial charge in [-0.05, 0) is 37.4 Å². The van der Waals surface area contributed by atoms with E-state index in [9.17, 15) is 9.59 Å². The SMILES string of the molecule is CN(Cc1ccccc1)C(=O)CNC(=O)CCC1CCNC1. The Hall–Kier alpha value is -1.88. The molecular weight excluding hydrogens is 278 g/mol. The van der Waals surface area contributed by atoms with Crippen molar-refractivity contribution in [1.29, 1.82) is 0 Å². The zero-order valence-electron chi connectivity index (χ0n) is 13.2. The minimum absolute atomic E-state index is 0.0339. The summed E-state index contributed by atoms with van der Waals surface area (Å²) < 4.78 is 0. The molecule has 2 rings (SSSR count). The molecule has 2 amide bonds. The molecule has 1 heterocycles. The highest BCUT2D eigenvalue weighted by atomic mass is 16.2. The molecule has 22 heavy (non-hydrogen) atoms. The number of rotatable bonds is 7. The van der Waals surface area contributed by atoms with Gasteiger partial charge in [0.2, 0.25) is 11.8 Å². The van der Waals surface area contributed by atoms with E-state index in [1.807, 2.05) is 30.3 Å². The Balaban J connectivity index is 1.64. The molecule has 1 aliphatic heterocycles. The van der Waals surface area contributed by atoms with Crippen LogP contribution in [0.15, 0.2) is 30.3 Å². The molecule has 1 atom stereocenters. The minimum Gasteiger partial charge on any atom is -0.347 e. The highest BCUT2D eigenvalue weighted by molar-refractivity contribution is 5.84. The largest absolute Gasteiger partial charge is 0.347 e. The second-order valence-corrected chi connectivity index (χ2v) is 5.91. The summed E-state index contributed by atoms with van der Waals surface area (Å²) in [4.78, 5) is 25.4. The highest BCUT2D eigenvalue weighted by Crippen LogP contribution is 2.13. The van der Waals surface area contributed by atoms with Crippen LogP contribution in [0.4, 0.5) is 0 Å². The van der Waals surface area contributed by atoms with Crippen LogP contribution in [0.2, 0.25) is 0 Å². The van der Waals surface area contributed by atoms with Crippen LogP contribution in [0.5, 0.6) is 0 Å². The predicted molar refractivity (Wildman–Crippen MR) is 86.1 cm³/mol. The maximum atomic E-state index is 12.0. The van der Waals surface area contributed by atoms with E-state index in [1.165, 1.54) is 0 Å². The average molecular weight is 303 g/mol. The van der Waals surface area contributed by atoms with Gasteiger partial charge >= 0.3 is 0 Å². The molecule has 1 aliphatic rings. The van der Waals surface area contributed by atoms with Gasteiger partial charge in [-0.3, -0.25) is 9.59 Å². The molecule has 120 valence electrons. The van der Waals surface area contributed by atoms with E-state index in [0.29, 0.717) is 18.9 Å². The third-order valence-electron chi connectivity index (χ3n) is 4.07. The zero-order valence-corrected chi connectivity index (χ0v) is 13.2. The van der Waals surface area contributed by atoms with Crippen molar-refractivity contribution in [2.75, 3.05) is 26.7 Å². The van der Waals surface area contributed by atoms with Gasteiger partial charge < -0.3 is 15.5 Å². The van der Waals surface area contributed by atoms with E-state index in [1.54, 1.807) is 11.9 Å². The molecular formula is C17H25N3O2. The standard InChI is InChI=1S/C17H25N3O2/c1-20(13-15-5-3-2-4-6-15)17(22)12-19-16(21)8-7-14-9-10-18-11-14/h2-6,14,18H,7-13H2,1H3,(H,19,21). The summed E-state index contributed by atoms with van der Waals surface area (Å²) >= 11 is 0. The topological polar surface area (TPSA) is 61.4 Å². The van der Waals surface area contributed by atoms with Gasteiger partial charge in [-0.1, -0.05) is 30.3 Å². The molecule has 1 saturated heterocycles. The number of hydrogen-bond donors (Lipinski definition) is 2. The maximum absolute atomic E-state index is 12.0. The van der Waals surface area contributed by atoms with E-state index in [2.05, 4.69) is 10.6 Å². The first-order valence-electron chi connectivity index (χ1n) is 7.90. The van der Waals surface area contributed by atoms with E-state index in [-0.39, 0.29) is 18.4 Å². The van der Waals surface area contributed by atoms with Crippen molar-refractivity contribution >= 4 is 11.8 Å². The monoisotopic (exact) mass is 303 g/mol. The molecule has 0 aromatic heterocycles. The smallest absolute Gasteiger partial charge is 0.242 e. The van der Waals surface area contributed by atoms with Crippen molar-refractivity contribution in [3.05, 3.63) is 35.9 Å². The summed E-state index contributed by atoms with van der Waals surface area (Å²) in [6, 6.07) is 9.82. The molecule has 2 N–H and O–H groups in total. The fraction of sp³-hybridized carbons (Fsp3) is 0.529. The number of nitrogens with one attached hydrogen (secondary N) is 2. The lowest BCUT2D eigenvalue weighted by atomic mass is 10.0. The fourth-order valence-corrected chi connectivity index (χ4v) is 2.64. The highest BCUT2D eigenvalue weighted by Gasteiger charge is 2.16. The van der Waals surface area contributed by atoms with Gasteiger partial charge in [0.25, 0.3) is 0 Å². The summed E-state index contributed by atoms with van der Waals surface area (Å²) in [5, 5.41) is 6.01. The van der Waals surface area contributed by atoms with Gasteiger partial charge in [0.1, 0.15) is 0 Å². The Kier molecular flexibility index (Phi) is 6.40. The average Bonchev–Trinajstić information content (AvgIpc) is 3.05. The molecule has 0 radical (unpaired) electrons. The Morgan fingerprint density at radius 2 is 2.09 bits per heavy atom. The quantitative estimate of drug-likeness (QED) is 0.794. The molecule has 0 spiro atoms. The lowest BCUT2D eigenvalue weighted by molar-refractivity contribution is -0.132. The number of carbonyl (C=O) groups excluding carboxylic acids is 2. The Morgan fingerprint density at radius 1 is 1.32 bits per heavy atom. The summed E-state index contributed by atoms with van der Waals surface area (Å²) in [6.07, 6.45) is 2.54. The van der Waals surface area contributed by atoms with Crippen LogP contribution in [0.1, 0.15) is 24.8 Å². The van der Waals surface area contributed by atoms with Crippen LogP contribution in [-0.4, -0.2) is 43.4 Å². The van der Waals surface area contributed by atoms with Gasteiger partial charge in [-0.25, -0.2) is 0 Å². The van der Waals surface area contributed by atoms with Crippen LogP contribution >= 0.6 is 0 Å². The van der Waals surface area contributed by atoms with E-state index < -0.39 is 0 Å². The third-order valence-corrected chi connectivity index (χ3v) is 4.07. The van der Waals surface area contributed by atoms with Gasteiger partial charge in [0.05, 0.1) is 6.54 Å². The Morgan fingerprint density at radius 3 is 2.77 bits per heavy atom. The number of nitrogens with zero attached hydrogens (tertiary/aromatic N) is 1. The second-order valence-electron chi connectivity index (χ2n) is 5.91. The fourth-order valence-electron chi connectivity index (χ4n) is 2.64. The first-order chi connectivity index (χ1) is 10.6. The number of amides is 2.